The molecule has 2 heterocycles. The molecule has 0 bridgehead atoms. The maximum atomic E-state index is 12.8. The third-order valence-electron chi connectivity index (χ3n) is 5.73. The molecule has 0 unspecified atom stereocenters. The summed E-state index contributed by atoms with van der Waals surface area (Å²) >= 11 is 0. The minimum Gasteiger partial charge on any atom is -0.346 e. The number of fused-ring (bicyclic) bond motifs is 1. The molecule has 5 heteroatoms. The molecule has 22 heavy (non-hydrogen) atoms. The van der Waals surface area contributed by atoms with Gasteiger partial charge in [0, 0.05) is 50.3 Å². The van der Waals surface area contributed by atoms with Gasteiger partial charge in [0.05, 0.1) is 5.69 Å². The lowest BCUT2D eigenvalue weighted by atomic mass is 9.88. The van der Waals surface area contributed by atoms with Crippen molar-refractivity contribution in [2.24, 2.45) is 5.92 Å². The highest BCUT2D eigenvalue weighted by atomic mass is 16.2. The Labute approximate surface area is 132 Å². The fourth-order valence-corrected chi connectivity index (χ4v) is 4.15. The minimum absolute atomic E-state index is 0.155. The maximum Gasteiger partial charge on any atom is 0.226 e. The van der Waals surface area contributed by atoms with Crippen LogP contribution in [0.15, 0.2) is 0 Å². The van der Waals surface area contributed by atoms with Gasteiger partial charge in [0.1, 0.15) is 5.82 Å². The molecule has 0 radical (unpaired) electrons. The fourth-order valence-electron chi connectivity index (χ4n) is 4.15. The second-order valence-electron chi connectivity index (χ2n) is 7.13. The lowest BCUT2D eigenvalue weighted by Gasteiger charge is -2.43. The first-order chi connectivity index (χ1) is 10.7. The molecule has 1 aliphatic heterocycles. The van der Waals surface area contributed by atoms with E-state index in [1.54, 1.807) is 0 Å². The number of carbonyl (C=O) groups is 1. The van der Waals surface area contributed by atoms with Crippen LogP contribution in [0.2, 0.25) is 0 Å². The first kappa shape index (κ1) is 14.2. The number of nitrogens with zero attached hydrogens (tertiary/aromatic N) is 3. The zero-order valence-electron chi connectivity index (χ0n) is 13.5. The molecule has 5 nitrogen and oxygen atoms in total. The summed E-state index contributed by atoms with van der Waals surface area (Å²) < 4.78 is 0. The lowest BCUT2D eigenvalue weighted by molar-refractivity contribution is -0.138. The molecule has 1 aromatic heterocycles. The van der Waals surface area contributed by atoms with Crippen molar-refractivity contribution >= 4 is 5.91 Å². The van der Waals surface area contributed by atoms with Gasteiger partial charge >= 0.3 is 0 Å². The predicted molar refractivity (Wildman–Crippen MR) is 84.6 cm³/mol. The van der Waals surface area contributed by atoms with Crippen molar-refractivity contribution in [3.8, 4) is 0 Å². The summed E-state index contributed by atoms with van der Waals surface area (Å²) in [6, 6.07) is 0.808. The molecular formula is C17H26N4O. The van der Waals surface area contributed by atoms with Crippen molar-refractivity contribution in [2.75, 3.05) is 26.2 Å². The van der Waals surface area contributed by atoms with E-state index in [1.807, 2.05) is 6.92 Å². The van der Waals surface area contributed by atoms with Crippen LogP contribution in [0.3, 0.4) is 0 Å². The van der Waals surface area contributed by atoms with Crippen LogP contribution in [0.1, 0.15) is 42.9 Å². The monoisotopic (exact) mass is 302 g/mol. The van der Waals surface area contributed by atoms with Gasteiger partial charge in [-0.25, -0.2) is 4.98 Å². The number of nitrogens with one attached hydrogen (secondary N) is 1. The zero-order chi connectivity index (χ0) is 15.1. The standard InChI is InChI=1S/C17H26N4O/c1-12-18-15-6-5-13(11-16(15)19-12)17(22)21-9-7-20(8-10-21)14-3-2-4-14/h13-14H,2-11H2,1H3,(H,18,19)/t13-/m1/s1. The Morgan fingerprint density at radius 1 is 1.18 bits per heavy atom. The number of aryl methyl sites for hydroxylation is 2. The molecule has 1 saturated heterocycles. The molecule has 2 aliphatic carbocycles. The van der Waals surface area contributed by atoms with E-state index < -0.39 is 0 Å². The van der Waals surface area contributed by atoms with Crippen LogP contribution in [-0.4, -0.2) is 57.9 Å². The summed E-state index contributed by atoms with van der Waals surface area (Å²) in [7, 11) is 0. The number of hydrogen-bond donors (Lipinski definition) is 1. The van der Waals surface area contributed by atoms with Crippen LogP contribution < -0.4 is 0 Å². The van der Waals surface area contributed by atoms with Crippen LogP contribution in [0.5, 0.6) is 0 Å². The summed E-state index contributed by atoms with van der Waals surface area (Å²) in [6.07, 6.45) is 6.85. The molecule has 0 aromatic carbocycles. The van der Waals surface area contributed by atoms with Gasteiger partial charge in [-0.1, -0.05) is 6.42 Å². The van der Waals surface area contributed by atoms with Crippen LogP contribution in [0.4, 0.5) is 0 Å². The Morgan fingerprint density at radius 2 is 1.95 bits per heavy atom. The fraction of sp³-hybridized carbons (Fsp3) is 0.765. The van der Waals surface area contributed by atoms with E-state index in [1.165, 1.54) is 30.7 Å². The highest BCUT2D eigenvalue weighted by Crippen LogP contribution is 2.28. The molecular weight excluding hydrogens is 276 g/mol. The third kappa shape index (κ3) is 2.56. The van der Waals surface area contributed by atoms with Crippen molar-refractivity contribution in [1.29, 1.82) is 0 Å². The number of H-pyrrole nitrogens is 1. The van der Waals surface area contributed by atoms with Gasteiger partial charge in [0.25, 0.3) is 0 Å². The second-order valence-corrected chi connectivity index (χ2v) is 7.13. The van der Waals surface area contributed by atoms with Crippen LogP contribution in [0, 0.1) is 12.8 Å². The number of piperazine rings is 1. The highest BCUT2D eigenvalue weighted by Gasteiger charge is 2.33. The molecule has 1 atom stereocenters. The maximum absolute atomic E-state index is 12.8. The van der Waals surface area contributed by atoms with Crippen molar-refractivity contribution in [2.45, 2.75) is 51.5 Å². The smallest absolute Gasteiger partial charge is 0.226 e. The van der Waals surface area contributed by atoms with Crippen molar-refractivity contribution in [3.05, 3.63) is 17.2 Å². The Kier molecular flexibility index (Phi) is 3.68. The number of imidazole rings is 1. The van der Waals surface area contributed by atoms with Crippen LogP contribution in [0.25, 0.3) is 0 Å². The predicted octanol–water partition coefficient (Wildman–Crippen LogP) is 1.52. The molecule has 0 spiro atoms. The van der Waals surface area contributed by atoms with E-state index in [-0.39, 0.29) is 5.92 Å². The highest BCUT2D eigenvalue weighted by molar-refractivity contribution is 5.79. The quantitative estimate of drug-likeness (QED) is 0.901. The summed E-state index contributed by atoms with van der Waals surface area (Å²) in [4.78, 5) is 25.3. The van der Waals surface area contributed by atoms with E-state index in [0.29, 0.717) is 5.91 Å². The van der Waals surface area contributed by atoms with Crippen molar-refractivity contribution in [3.63, 3.8) is 0 Å². The average molecular weight is 302 g/mol. The van der Waals surface area contributed by atoms with Crippen molar-refractivity contribution in [1.82, 2.24) is 19.8 Å². The van der Waals surface area contributed by atoms with E-state index in [2.05, 4.69) is 19.8 Å². The number of amides is 1. The largest absolute Gasteiger partial charge is 0.346 e. The summed E-state index contributed by atoms with van der Waals surface area (Å²) in [6.45, 7) is 5.96. The van der Waals surface area contributed by atoms with E-state index >= 15 is 0 Å². The van der Waals surface area contributed by atoms with Gasteiger partial charge in [-0.2, -0.15) is 0 Å². The summed E-state index contributed by atoms with van der Waals surface area (Å²) in [5.74, 6) is 1.50. The first-order valence-electron chi connectivity index (χ1n) is 8.78. The van der Waals surface area contributed by atoms with Gasteiger partial charge in [0.2, 0.25) is 5.91 Å². The number of hydrogen-bond acceptors (Lipinski definition) is 3. The molecule has 1 aromatic rings. The SMILES string of the molecule is Cc1nc2c([nH]1)C[C@H](C(=O)N1CCN(C3CCC3)CC1)CC2. The Balaban J connectivity index is 1.34. The number of rotatable bonds is 2. The van der Waals surface area contributed by atoms with E-state index in [0.717, 1.165) is 57.3 Å². The van der Waals surface area contributed by atoms with Gasteiger partial charge in [-0.15, -0.1) is 0 Å². The molecule has 1 saturated carbocycles. The molecule has 1 amide bonds. The van der Waals surface area contributed by atoms with Gasteiger partial charge in [0.15, 0.2) is 0 Å². The molecule has 4 rings (SSSR count). The molecule has 1 N–H and O–H groups in total. The summed E-state index contributed by atoms with van der Waals surface area (Å²) in [5, 5.41) is 0. The number of carbonyl (C=O) groups excluding carboxylic acids is 1. The minimum atomic E-state index is 0.155. The number of aromatic nitrogens is 2. The van der Waals surface area contributed by atoms with Gasteiger partial charge < -0.3 is 9.88 Å². The topological polar surface area (TPSA) is 52.2 Å². The molecule has 120 valence electrons. The van der Waals surface area contributed by atoms with Crippen LogP contribution >= 0.6 is 0 Å². The van der Waals surface area contributed by atoms with Crippen LogP contribution in [-0.2, 0) is 17.6 Å². The Hall–Kier alpha value is -1.36. The average Bonchev–Trinajstić information content (AvgIpc) is 2.84. The number of aromatic amines is 1. The van der Waals surface area contributed by atoms with Gasteiger partial charge in [-0.05, 0) is 32.6 Å². The van der Waals surface area contributed by atoms with Crippen molar-refractivity contribution < 1.29 is 4.79 Å². The third-order valence-corrected chi connectivity index (χ3v) is 5.73. The molecule has 3 aliphatic rings. The van der Waals surface area contributed by atoms with Gasteiger partial charge in [-0.3, -0.25) is 9.69 Å². The second kappa shape index (κ2) is 5.69. The summed E-state index contributed by atoms with van der Waals surface area (Å²) in [5.41, 5.74) is 2.37. The Bertz CT molecular complexity index is 555. The van der Waals surface area contributed by atoms with E-state index in [9.17, 15) is 4.79 Å². The Morgan fingerprint density at radius 3 is 2.64 bits per heavy atom. The zero-order valence-corrected chi connectivity index (χ0v) is 13.5. The molecule has 2 fully saturated rings. The van der Waals surface area contributed by atoms with E-state index in [4.69, 9.17) is 0 Å². The first-order valence-corrected chi connectivity index (χ1v) is 8.78. The normalized spacial score (nSPS) is 26.6. The lowest BCUT2D eigenvalue weighted by Crippen LogP contribution is -2.54.